The van der Waals surface area contributed by atoms with Crippen molar-refractivity contribution in [1.82, 2.24) is 4.90 Å². The van der Waals surface area contributed by atoms with Crippen LogP contribution in [0.4, 0.5) is 5.69 Å². The summed E-state index contributed by atoms with van der Waals surface area (Å²) in [6, 6.07) is 5.31. The lowest BCUT2D eigenvalue weighted by atomic mass is 10.00. The Bertz CT molecular complexity index is 613. The quantitative estimate of drug-likeness (QED) is 0.892. The van der Waals surface area contributed by atoms with Gasteiger partial charge in [-0.3, -0.25) is 9.69 Å². The molecule has 1 aromatic carbocycles. The van der Waals surface area contributed by atoms with Gasteiger partial charge in [-0.1, -0.05) is 38.0 Å². The second-order valence-corrected chi connectivity index (χ2v) is 5.57. The molecule has 1 heterocycles. The average Bonchev–Trinajstić information content (AvgIpc) is 2.50. The van der Waals surface area contributed by atoms with E-state index in [9.17, 15) is 4.79 Å². The summed E-state index contributed by atoms with van der Waals surface area (Å²) in [5.41, 5.74) is 2.75. The van der Waals surface area contributed by atoms with E-state index in [0.717, 1.165) is 16.8 Å². The van der Waals surface area contributed by atoms with Gasteiger partial charge in [0.25, 0.3) is 0 Å². The molecule has 2 rings (SSSR count). The van der Waals surface area contributed by atoms with Crippen molar-refractivity contribution >= 4 is 11.6 Å². The predicted molar refractivity (Wildman–Crippen MR) is 88.7 cm³/mol. The smallest absolute Gasteiger partial charge is 0.241 e. The van der Waals surface area contributed by atoms with Gasteiger partial charge >= 0.3 is 0 Å². The van der Waals surface area contributed by atoms with Crippen LogP contribution in [0.15, 0.2) is 18.2 Å². The van der Waals surface area contributed by atoms with Crippen LogP contribution in [0.25, 0.3) is 0 Å². The zero-order valence-corrected chi connectivity index (χ0v) is 13.2. The van der Waals surface area contributed by atoms with Crippen LogP contribution in [-0.4, -0.2) is 29.9 Å². The van der Waals surface area contributed by atoms with Gasteiger partial charge < -0.3 is 5.32 Å². The van der Waals surface area contributed by atoms with Crippen molar-refractivity contribution in [2.75, 3.05) is 18.4 Å². The molecule has 1 aliphatic heterocycles. The molecule has 3 heteroatoms. The van der Waals surface area contributed by atoms with Crippen molar-refractivity contribution in [1.29, 1.82) is 0 Å². The second-order valence-electron chi connectivity index (χ2n) is 5.57. The third kappa shape index (κ3) is 4.07. The molecule has 0 bridgehead atoms. The largest absolute Gasteiger partial charge is 0.324 e. The monoisotopic (exact) mass is 292 g/mol. The maximum atomic E-state index is 12.9. The van der Waals surface area contributed by atoms with E-state index in [1.165, 1.54) is 0 Å². The van der Waals surface area contributed by atoms with Gasteiger partial charge in [0.2, 0.25) is 5.91 Å². The summed E-state index contributed by atoms with van der Waals surface area (Å²) in [5, 5.41) is 2.98. The Hall–Kier alpha value is -1.35. The number of hydrogen-bond acceptors (Lipinski definition) is 2. The van der Waals surface area contributed by atoms with E-state index in [1.54, 1.807) is 11.8 Å². The van der Waals surface area contributed by atoms with Crippen molar-refractivity contribution in [2.45, 2.75) is 58.8 Å². The number of anilines is 1. The Morgan fingerprint density at radius 2 is 2.19 bits per heavy atom. The molecular formula is C18H28N2O. The van der Waals surface area contributed by atoms with Crippen LogP contribution in [-0.2, 0) is 4.79 Å². The molecule has 21 heavy (non-hydrogen) atoms. The Morgan fingerprint density at radius 1 is 1.48 bits per heavy atom. The molecule has 1 N–H and O–H groups in total. The topological polar surface area (TPSA) is 32.3 Å². The number of carbonyl (C=O) groups is 1. The van der Waals surface area contributed by atoms with Crippen molar-refractivity contribution in [3.63, 3.8) is 0 Å². The van der Waals surface area contributed by atoms with Gasteiger partial charge in [-0.25, -0.2) is 0 Å². The Balaban J connectivity index is 2.20. The first-order valence-electron chi connectivity index (χ1n) is 9.66. The van der Waals surface area contributed by atoms with Gasteiger partial charge in [0, 0.05) is 11.2 Å². The molecule has 0 radical (unpaired) electrons. The summed E-state index contributed by atoms with van der Waals surface area (Å²) in [6.45, 7) is 5.79. The van der Waals surface area contributed by atoms with E-state index in [4.69, 9.17) is 5.48 Å². The highest BCUT2D eigenvalue weighted by Crippen LogP contribution is 2.23. The summed E-state index contributed by atoms with van der Waals surface area (Å²) in [6.07, 6.45) is -1.80. The molecule has 3 nitrogen and oxygen atoms in total. The fraction of sp³-hybridized carbons (Fsp3) is 0.611. The number of hydrogen-bond donors (Lipinski definition) is 1. The molecule has 0 aliphatic carbocycles. The summed E-state index contributed by atoms with van der Waals surface area (Å²) < 4.78 is 32.1. The normalized spacial score (nSPS) is 25.4. The van der Waals surface area contributed by atoms with E-state index in [-0.39, 0.29) is 19.0 Å². The fourth-order valence-corrected chi connectivity index (χ4v) is 2.69. The standard InChI is InChI=1S/C18H28N2O/c1-4-5-12-20-13-7-6-11-16(20)18(21)19-17-14(2)9-8-10-15(17)3/h8-10,16H,4-7,11-13H2,1-3H3,(H,19,21)/i5D2,7D2. The fourth-order valence-electron chi connectivity index (χ4n) is 2.69. The molecule has 0 aromatic heterocycles. The minimum absolute atomic E-state index is 0.0633. The number of amides is 1. The molecule has 1 unspecified atom stereocenters. The number of carbonyl (C=O) groups excluding carboxylic acids is 1. The van der Waals surface area contributed by atoms with Crippen LogP contribution in [0.3, 0.4) is 0 Å². The van der Waals surface area contributed by atoms with Crippen LogP contribution < -0.4 is 5.32 Å². The number of benzene rings is 1. The van der Waals surface area contributed by atoms with Crippen LogP contribution in [0, 0.1) is 13.8 Å². The van der Waals surface area contributed by atoms with E-state index in [1.807, 2.05) is 32.0 Å². The molecule has 1 atom stereocenters. The van der Waals surface area contributed by atoms with Gasteiger partial charge in [-0.05, 0) is 57.2 Å². The van der Waals surface area contributed by atoms with Gasteiger partial charge in [0.1, 0.15) is 0 Å². The molecule has 0 spiro atoms. The molecule has 0 saturated carbocycles. The second kappa shape index (κ2) is 7.60. The van der Waals surface area contributed by atoms with E-state index in [0.29, 0.717) is 19.3 Å². The molecule has 1 fully saturated rings. The zero-order chi connectivity index (χ0) is 18.8. The molecule has 1 aliphatic rings. The number of piperidine rings is 1. The predicted octanol–water partition coefficient (Wildman–Crippen LogP) is 3.90. The van der Waals surface area contributed by atoms with Crippen molar-refractivity contribution in [3.05, 3.63) is 29.3 Å². The number of para-hydroxylation sites is 1. The van der Waals surface area contributed by atoms with Crippen LogP contribution >= 0.6 is 0 Å². The maximum Gasteiger partial charge on any atom is 0.241 e. The lowest BCUT2D eigenvalue weighted by Gasteiger charge is -2.34. The Labute approximate surface area is 134 Å². The first-order valence-corrected chi connectivity index (χ1v) is 7.66. The lowest BCUT2D eigenvalue weighted by molar-refractivity contribution is -0.122. The number of likely N-dealkylation sites (tertiary alicyclic amines) is 1. The molecule has 116 valence electrons. The number of aryl methyl sites for hydroxylation is 2. The molecule has 1 amide bonds. The number of nitrogens with zero attached hydrogens (tertiary/aromatic N) is 1. The third-order valence-corrected chi connectivity index (χ3v) is 3.95. The summed E-state index contributed by atoms with van der Waals surface area (Å²) in [5.74, 6) is -0.181. The van der Waals surface area contributed by atoms with Crippen molar-refractivity contribution < 1.29 is 10.3 Å². The number of rotatable bonds is 5. The average molecular weight is 292 g/mol. The van der Waals surface area contributed by atoms with Crippen molar-refractivity contribution in [3.8, 4) is 0 Å². The minimum atomic E-state index is -1.44. The number of nitrogens with one attached hydrogen (secondary N) is 1. The van der Waals surface area contributed by atoms with Gasteiger partial charge in [0.05, 0.1) is 6.04 Å². The minimum Gasteiger partial charge on any atom is -0.324 e. The zero-order valence-electron chi connectivity index (χ0n) is 17.2. The maximum absolute atomic E-state index is 12.9. The van der Waals surface area contributed by atoms with Gasteiger partial charge in [-0.2, -0.15) is 0 Å². The van der Waals surface area contributed by atoms with Crippen molar-refractivity contribution in [2.24, 2.45) is 0 Å². The highest BCUT2D eigenvalue weighted by molar-refractivity contribution is 5.96. The SMILES string of the molecule is [2H]C([2H])(CC)CN1CC([2H])([2H])CCC1C(=O)Nc1c(C)cccc1C. The lowest BCUT2D eigenvalue weighted by Crippen LogP contribution is -2.47. The van der Waals surface area contributed by atoms with Crippen LogP contribution in [0.2, 0.25) is 0 Å². The highest BCUT2D eigenvalue weighted by atomic mass is 16.2. The van der Waals surface area contributed by atoms with Crippen LogP contribution in [0.1, 0.15) is 55.5 Å². The third-order valence-electron chi connectivity index (χ3n) is 3.95. The summed E-state index contributed by atoms with van der Waals surface area (Å²) in [4.78, 5) is 14.5. The van der Waals surface area contributed by atoms with Crippen LogP contribution in [0.5, 0.6) is 0 Å². The van der Waals surface area contributed by atoms with E-state index >= 15 is 0 Å². The van der Waals surface area contributed by atoms with Gasteiger partial charge in [0.15, 0.2) is 0 Å². The molecular weight excluding hydrogens is 260 g/mol. The summed E-state index contributed by atoms with van der Waals surface area (Å²) in [7, 11) is 0. The summed E-state index contributed by atoms with van der Waals surface area (Å²) >= 11 is 0. The Kier molecular flexibility index (Phi) is 4.07. The molecule has 1 saturated heterocycles. The van der Waals surface area contributed by atoms with E-state index < -0.39 is 18.8 Å². The van der Waals surface area contributed by atoms with E-state index in [2.05, 4.69) is 5.32 Å². The first-order chi connectivity index (χ1) is 11.5. The first kappa shape index (κ1) is 11.2. The van der Waals surface area contributed by atoms with Gasteiger partial charge in [-0.15, -0.1) is 0 Å². The Morgan fingerprint density at radius 3 is 2.86 bits per heavy atom. The highest BCUT2D eigenvalue weighted by Gasteiger charge is 2.28. The molecule has 1 aromatic rings.